The fourth-order valence-electron chi connectivity index (χ4n) is 2.46. The summed E-state index contributed by atoms with van der Waals surface area (Å²) in [6.45, 7) is 0.0349. The second-order valence-electron chi connectivity index (χ2n) is 4.75. The third kappa shape index (κ3) is 2.65. The molecule has 1 aliphatic heterocycles. The van der Waals surface area contributed by atoms with Crippen molar-refractivity contribution in [2.24, 2.45) is 0 Å². The third-order valence-electron chi connectivity index (χ3n) is 3.42. The van der Waals surface area contributed by atoms with Gasteiger partial charge < -0.3 is 5.32 Å². The summed E-state index contributed by atoms with van der Waals surface area (Å²) in [5.41, 5.74) is 1.58. The zero-order chi connectivity index (χ0) is 14.8. The SMILES string of the molecule is O=C1NCC(=O)N(c2ccccc2I)C1c1ccccc1. The molecule has 0 bridgehead atoms. The number of amides is 2. The lowest BCUT2D eigenvalue weighted by atomic mass is 10.0. The van der Waals surface area contributed by atoms with E-state index in [-0.39, 0.29) is 18.4 Å². The zero-order valence-electron chi connectivity index (χ0n) is 11.1. The number of hydrogen-bond donors (Lipinski definition) is 1. The fraction of sp³-hybridized carbons (Fsp3) is 0.125. The van der Waals surface area contributed by atoms with Gasteiger partial charge in [0.05, 0.1) is 12.2 Å². The van der Waals surface area contributed by atoms with Gasteiger partial charge in [-0.2, -0.15) is 0 Å². The van der Waals surface area contributed by atoms with Crippen molar-refractivity contribution < 1.29 is 9.59 Å². The number of carbonyl (C=O) groups is 2. The largest absolute Gasteiger partial charge is 0.345 e. The first-order valence-electron chi connectivity index (χ1n) is 6.58. The maximum absolute atomic E-state index is 12.4. The molecular formula is C16H13IN2O2. The predicted molar refractivity (Wildman–Crippen MR) is 88.8 cm³/mol. The number of rotatable bonds is 2. The molecule has 1 heterocycles. The van der Waals surface area contributed by atoms with Crippen LogP contribution in [-0.2, 0) is 9.59 Å². The molecule has 1 aliphatic rings. The fourth-order valence-corrected chi connectivity index (χ4v) is 3.11. The molecule has 21 heavy (non-hydrogen) atoms. The molecule has 0 radical (unpaired) electrons. The summed E-state index contributed by atoms with van der Waals surface area (Å²) in [6, 6.07) is 16.3. The second kappa shape index (κ2) is 5.85. The number of hydrogen-bond acceptors (Lipinski definition) is 2. The molecular weight excluding hydrogens is 379 g/mol. The van der Waals surface area contributed by atoms with E-state index < -0.39 is 6.04 Å². The molecule has 0 spiro atoms. The minimum Gasteiger partial charge on any atom is -0.345 e. The van der Waals surface area contributed by atoms with Gasteiger partial charge in [-0.15, -0.1) is 0 Å². The lowest BCUT2D eigenvalue weighted by Gasteiger charge is -2.35. The van der Waals surface area contributed by atoms with Gasteiger partial charge in [0.15, 0.2) is 0 Å². The van der Waals surface area contributed by atoms with Gasteiger partial charge in [0.25, 0.3) is 0 Å². The van der Waals surface area contributed by atoms with Crippen molar-refractivity contribution in [3.05, 3.63) is 63.7 Å². The molecule has 0 saturated carbocycles. The Morgan fingerprint density at radius 3 is 2.38 bits per heavy atom. The van der Waals surface area contributed by atoms with Crippen LogP contribution in [0.3, 0.4) is 0 Å². The minimum atomic E-state index is -0.622. The molecule has 0 aromatic heterocycles. The first kappa shape index (κ1) is 14.1. The smallest absolute Gasteiger partial charge is 0.248 e. The van der Waals surface area contributed by atoms with Crippen molar-refractivity contribution in [1.29, 1.82) is 0 Å². The summed E-state index contributed by atoms with van der Waals surface area (Å²) in [5, 5.41) is 2.67. The molecule has 2 aromatic rings. The Morgan fingerprint density at radius 1 is 1.00 bits per heavy atom. The first-order valence-corrected chi connectivity index (χ1v) is 7.65. The topological polar surface area (TPSA) is 49.4 Å². The minimum absolute atomic E-state index is 0.0349. The summed E-state index contributed by atoms with van der Waals surface area (Å²) in [6.07, 6.45) is 0. The number of nitrogens with zero attached hydrogens (tertiary/aromatic N) is 1. The van der Waals surface area contributed by atoms with Crippen molar-refractivity contribution in [3.8, 4) is 0 Å². The molecule has 3 rings (SSSR count). The van der Waals surface area contributed by atoms with Crippen LogP contribution in [0.1, 0.15) is 11.6 Å². The van der Waals surface area contributed by atoms with Crippen LogP contribution in [0.5, 0.6) is 0 Å². The summed E-state index contributed by atoms with van der Waals surface area (Å²) in [4.78, 5) is 26.3. The van der Waals surface area contributed by atoms with Gasteiger partial charge in [-0.05, 0) is 40.3 Å². The van der Waals surface area contributed by atoms with Gasteiger partial charge in [-0.25, -0.2) is 0 Å². The van der Waals surface area contributed by atoms with E-state index in [1.165, 1.54) is 0 Å². The molecule has 4 nitrogen and oxygen atoms in total. The average molecular weight is 392 g/mol. The van der Waals surface area contributed by atoms with Crippen molar-refractivity contribution in [1.82, 2.24) is 5.32 Å². The van der Waals surface area contributed by atoms with E-state index >= 15 is 0 Å². The quantitative estimate of drug-likeness (QED) is 0.799. The highest BCUT2D eigenvalue weighted by Gasteiger charge is 2.37. The van der Waals surface area contributed by atoms with Crippen LogP contribution in [0.4, 0.5) is 5.69 Å². The highest BCUT2D eigenvalue weighted by Crippen LogP contribution is 2.32. The summed E-state index contributed by atoms with van der Waals surface area (Å²) in [5.74, 6) is -0.256. The molecule has 1 fully saturated rings. The third-order valence-corrected chi connectivity index (χ3v) is 4.33. The Kier molecular flexibility index (Phi) is 3.92. The molecule has 106 valence electrons. The lowest BCUT2D eigenvalue weighted by molar-refractivity contribution is -0.131. The first-order chi connectivity index (χ1) is 10.2. The van der Waals surface area contributed by atoms with Crippen LogP contribution in [0.25, 0.3) is 0 Å². The standard InChI is InChI=1S/C16H13IN2O2/c17-12-8-4-5-9-13(12)19-14(20)10-18-16(21)15(19)11-6-2-1-3-7-11/h1-9,15H,10H2,(H,18,21). The summed E-state index contributed by atoms with van der Waals surface area (Å²) >= 11 is 2.18. The molecule has 1 unspecified atom stereocenters. The van der Waals surface area contributed by atoms with E-state index in [9.17, 15) is 9.59 Å². The Balaban J connectivity index is 2.11. The maximum Gasteiger partial charge on any atom is 0.248 e. The van der Waals surface area contributed by atoms with Crippen LogP contribution < -0.4 is 10.2 Å². The molecule has 1 N–H and O–H groups in total. The van der Waals surface area contributed by atoms with E-state index in [1.54, 1.807) is 4.90 Å². The normalized spacial score (nSPS) is 18.5. The molecule has 2 amide bonds. The number of carbonyl (C=O) groups excluding carboxylic acids is 2. The molecule has 1 atom stereocenters. The van der Waals surface area contributed by atoms with Gasteiger partial charge in [0, 0.05) is 3.57 Å². The number of para-hydroxylation sites is 1. The lowest BCUT2D eigenvalue weighted by Crippen LogP contribution is -2.54. The van der Waals surface area contributed by atoms with Crippen molar-refractivity contribution in [3.63, 3.8) is 0 Å². The van der Waals surface area contributed by atoms with Crippen molar-refractivity contribution >= 4 is 40.1 Å². The summed E-state index contributed by atoms with van der Waals surface area (Å²) in [7, 11) is 0. The Hall–Kier alpha value is -1.89. The number of benzene rings is 2. The van der Waals surface area contributed by atoms with Gasteiger partial charge in [0.2, 0.25) is 11.8 Å². The van der Waals surface area contributed by atoms with Crippen LogP contribution in [0.2, 0.25) is 0 Å². The monoisotopic (exact) mass is 392 g/mol. The van der Waals surface area contributed by atoms with E-state index in [4.69, 9.17) is 0 Å². The number of halogens is 1. The zero-order valence-corrected chi connectivity index (χ0v) is 13.3. The molecule has 1 saturated heterocycles. The molecule has 0 aliphatic carbocycles. The van der Waals surface area contributed by atoms with Crippen LogP contribution in [-0.4, -0.2) is 18.4 Å². The van der Waals surface area contributed by atoms with Crippen LogP contribution in [0, 0.1) is 3.57 Å². The van der Waals surface area contributed by atoms with E-state index in [0.717, 1.165) is 14.8 Å². The highest BCUT2D eigenvalue weighted by atomic mass is 127. The van der Waals surface area contributed by atoms with E-state index in [1.807, 2.05) is 54.6 Å². The molecule has 5 heteroatoms. The van der Waals surface area contributed by atoms with E-state index in [0.29, 0.717) is 0 Å². The van der Waals surface area contributed by atoms with Crippen molar-refractivity contribution in [2.75, 3.05) is 11.4 Å². The number of piperazine rings is 1. The predicted octanol–water partition coefficient (Wildman–Crippen LogP) is 2.50. The number of nitrogens with one attached hydrogen (secondary N) is 1. The highest BCUT2D eigenvalue weighted by molar-refractivity contribution is 14.1. The van der Waals surface area contributed by atoms with Gasteiger partial charge >= 0.3 is 0 Å². The maximum atomic E-state index is 12.4. The van der Waals surface area contributed by atoms with Crippen LogP contribution in [0.15, 0.2) is 54.6 Å². The Bertz CT molecular complexity index is 688. The van der Waals surface area contributed by atoms with Gasteiger partial charge in [-0.3, -0.25) is 14.5 Å². The average Bonchev–Trinajstić information content (AvgIpc) is 2.51. The van der Waals surface area contributed by atoms with Gasteiger partial charge in [-0.1, -0.05) is 42.5 Å². The number of anilines is 1. The molecule has 2 aromatic carbocycles. The van der Waals surface area contributed by atoms with E-state index in [2.05, 4.69) is 27.9 Å². The van der Waals surface area contributed by atoms with Gasteiger partial charge in [0.1, 0.15) is 6.04 Å². The second-order valence-corrected chi connectivity index (χ2v) is 5.91. The Labute approximate surface area is 136 Å². The summed E-state index contributed by atoms with van der Waals surface area (Å²) < 4.78 is 0.944. The van der Waals surface area contributed by atoms with Crippen molar-refractivity contribution in [2.45, 2.75) is 6.04 Å². The Morgan fingerprint density at radius 2 is 1.67 bits per heavy atom. The van der Waals surface area contributed by atoms with Crippen LogP contribution >= 0.6 is 22.6 Å².